The number of carbonyl (C=O) groups is 1. The molecule has 1 fully saturated rings. The van der Waals surface area contributed by atoms with Crippen molar-refractivity contribution >= 4 is 6.09 Å². The molecule has 0 radical (unpaired) electrons. The van der Waals surface area contributed by atoms with Crippen molar-refractivity contribution in [3.8, 4) is 0 Å². The molecular formula is C11H18F3NO4. The summed E-state index contributed by atoms with van der Waals surface area (Å²) in [6, 6.07) is -1.11. The molecule has 1 amide bonds. The van der Waals surface area contributed by atoms with Crippen LogP contribution in [0.5, 0.6) is 0 Å². The van der Waals surface area contributed by atoms with Gasteiger partial charge in [-0.2, -0.15) is 13.2 Å². The van der Waals surface area contributed by atoms with E-state index in [-0.39, 0.29) is 0 Å². The summed E-state index contributed by atoms with van der Waals surface area (Å²) in [5.74, 6) is 0. The van der Waals surface area contributed by atoms with Gasteiger partial charge in [0.15, 0.2) is 5.60 Å². The Balaban J connectivity index is 2.88. The Morgan fingerprint density at radius 2 is 1.95 bits per heavy atom. The Bertz CT molecular complexity index is 353. The molecule has 1 heterocycles. The van der Waals surface area contributed by atoms with Crippen LogP contribution >= 0.6 is 0 Å². The van der Waals surface area contributed by atoms with E-state index in [0.29, 0.717) is 0 Å². The fraction of sp³-hybridized carbons (Fsp3) is 0.909. The monoisotopic (exact) mass is 285 g/mol. The minimum absolute atomic E-state index is 0.669. The van der Waals surface area contributed by atoms with Crippen molar-refractivity contribution in [2.45, 2.75) is 50.6 Å². The van der Waals surface area contributed by atoms with Crippen LogP contribution in [0.3, 0.4) is 0 Å². The topological polar surface area (TPSA) is 70.0 Å². The van der Waals surface area contributed by atoms with E-state index in [0.717, 1.165) is 4.90 Å². The molecule has 0 aromatic rings. The van der Waals surface area contributed by atoms with E-state index in [9.17, 15) is 23.1 Å². The van der Waals surface area contributed by atoms with Crippen LogP contribution in [0.2, 0.25) is 0 Å². The van der Waals surface area contributed by atoms with Gasteiger partial charge >= 0.3 is 12.3 Å². The molecule has 0 spiro atoms. The van der Waals surface area contributed by atoms with Crippen LogP contribution in [0.15, 0.2) is 0 Å². The molecular weight excluding hydrogens is 267 g/mol. The van der Waals surface area contributed by atoms with Crippen molar-refractivity contribution in [1.29, 1.82) is 0 Å². The molecule has 0 aliphatic carbocycles. The number of nitrogens with zero attached hydrogens (tertiary/aromatic N) is 1. The molecule has 1 rings (SSSR count). The summed E-state index contributed by atoms with van der Waals surface area (Å²) in [4.78, 5) is 12.5. The van der Waals surface area contributed by atoms with Crippen LogP contribution in [-0.2, 0) is 4.74 Å². The summed E-state index contributed by atoms with van der Waals surface area (Å²) in [6.07, 6.45) is -6.60. The summed E-state index contributed by atoms with van der Waals surface area (Å²) >= 11 is 0. The van der Waals surface area contributed by atoms with Crippen LogP contribution in [-0.4, -0.2) is 57.8 Å². The maximum absolute atomic E-state index is 12.7. The van der Waals surface area contributed by atoms with Crippen LogP contribution in [0.4, 0.5) is 18.0 Å². The van der Waals surface area contributed by atoms with E-state index in [4.69, 9.17) is 9.84 Å². The van der Waals surface area contributed by atoms with Gasteiger partial charge in [0.05, 0.1) is 19.2 Å². The minimum atomic E-state index is -4.86. The van der Waals surface area contributed by atoms with Crippen LogP contribution < -0.4 is 0 Å². The predicted molar refractivity (Wildman–Crippen MR) is 59.4 cm³/mol. The van der Waals surface area contributed by atoms with Gasteiger partial charge in [0.1, 0.15) is 5.60 Å². The van der Waals surface area contributed by atoms with Gasteiger partial charge in [-0.25, -0.2) is 4.79 Å². The number of rotatable bonds is 1. The minimum Gasteiger partial charge on any atom is -0.444 e. The zero-order chi connectivity index (χ0) is 15.1. The Morgan fingerprint density at radius 1 is 1.42 bits per heavy atom. The molecule has 1 aliphatic heterocycles. The number of amides is 1. The Hall–Kier alpha value is -1.02. The fourth-order valence-electron chi connectivity index (χ4n) is 1.88. The van der Waals surface area contributed by atoms with Crippen molar-refractivity contribution in [1.82, 2.24) is 4.90 Å². The Labute approximate surface area is 109 Å². The zero-order valence-corrected chi connectivity index (χ0v) is 11.0. The number of ether oxygens (including phenoxy) is 1. The molecule has 1 unspecified atom stereocenters. The lowest BCUT2D eigenvalue weighted by atomic mass is 10.0. The van der Waals surface area contributed by atoms with Gasteiger partial charge in [0.2, 0.25) is 0 Å². The van der Waals surface area contributed by atoms with Gasteiger partial charge < -0.3 is 14.9 Å². The van der Waals surface area contributed by atoms with Gasteiger partial charge in [0, 0.05) is 6.42 Å². The second-order valence-corrected chi connectivity index (χ2v) is 5.68. The third kappa shape index (κ3) is 3.50. The maximum Gasteiger partial charge on any atom is 0.419 e. The second-order valence-electron chi connectivity index (χ2n) is 5.68. The lowest BCUT2D eigenvalue weighted by Crippen LogP contribution is -2.48. The first-order valence-corrected chi connectivity index (χ1v) is 5.79. The Morgan fingerprint density at radius 3 is 2.32 bits per heavy atom. The fourth-order valence-corrected chi connectivity index (χ4v) is 1.88. The lowest BCUT2D eigenvalue weighted by Gasteiger charge is -2.28. The molecule has 19 heavy (non-hydrogen) atoms. The van der Waals surface area contributed by atoms with E-state index >= 15 is 0 Å². The van der Waals surface area contributed by atoms with Crippen molar-refractivity contribution in [2.24, 2.45) is 0 Å². The third-order valence-electron chi connectivity index (χ3n) is 2.81. The van der Waals surface area contributed by atoms with Gasteiger partial charge in [-0.3, -0.25) is 4.90 Å². The Kier molecular flexibility index (Phi) is 4.07. The highest BCUT2D eigenvalue weighted by atomic mass is 19.4. The van der Waals surface area contributed by atoms with E-state index < -0.39 is 49.1 Å². The van der Waals surface area contributed by atoms with Crippen molar-refractivity contribution in [3.05, 3.63) is 0 Å². The number of likely N-dealkylation sites (tertiary alicyclic amines) is 1. The molecule has 112 valence electrons. The molecule has 8 heteroatoms. The molecule has 1 aliphatic rings. The number of halogens is 3. The second kappa shape index (κ2) is 4.82. The number of alkyl halides is 3. The number of hydrogen-bond acceptors (Lipinski definition) is 4. The molecule has 0 saturated carbocycles. The molecule has 0 aromatic heterocycles. The van der Waals surface area contributed by atoms with Crippen LogP contribution in [0.25, 0.3) is 0 Å². The van der Waals surface area contributed by atoms with Crippen molar-refractivity contribution < 1.29 is 32.9 Å². The van der Waals surface area contributed by atoms with E-state index in [1.807, 2.05) is 0 Å². The highest BCUT2D eigenvalue weighted by Crippen LogP contribution is 2.40. The molecule has 2 N–H and O–H groups in total. The lowest BCUT2D eigenvalue weighted by molar-refractivity contribution is -0.253. The van der Waals surface area contributed by atoms with Crippen molar-refractivity contribution in [3.63, 3.8) is 0 Å². The molecule has 0 bridgehead atoms. The number of aliphatic hydroxyl groups is 2. The smallest absolute Gasteiger partial charge is 0.419 e. The number of carbonyl (C=O) groups excluding carboxylic acids is 1. The first-order valence-electron chi connectivity index (χ1n) is 5.79. The summed E-state index contributed by atoms with van der Waals surface area (Å²) in [7, 11) is 0. The molecule has 5 nitrogen and oxygen atoms in total. The predicted octanol–water partition coefficient (Wildman–Crippen LogP) is 1.28. The summed E-state index contributed by atoms with van der Waals surface area (Å²) in [6.45, 7) is 3.12. The largest absolute Gasteiger partial charge is 0.444 e. The highest BCUT2D eigenvalue weighted by Gasteiger charge is 2.61. The van der Waals surface area contributed by atoms with Gasteiger partial charge in [-0.1, -0.05) is 0 Å². The van der Waals surface area contributed by atoms with Gasteiger partial charge in [0.25, 0.3) is 0 Å². The van der Waals surface area contributed by atoms with Crippen LogP contribution in [0.1, 0.15) is 27.2 Å². The van der Waals surface area contributed by atoms with Gasteiger partial charge in [-0.05, 0) is 20.8 Å². The average molecular weight is 285 g/mol. The summed E-state index contributed by atoms with van der Waals surface area (Å²) in [5.41, 5.74) is -3.87. The molecule has 0 aromatic carbocycles. The van der Waals surface area contributed by atoms with E-state index in [1.54, 1.807) is 20.8 Å². The standard InChI is InChI=1S/C11H18F3NO4/c1-9(2,3)19-8(17)15-6-10(18,11(12,13)14)4-7(15)5-16/h7,16,18H,4-6H2,1-3H3/t7-,10?/m0/s1. The molecule has 2 atom stereocenters. The number of β-amino-alcohol motifs (C(OH)–C–C–N with tert-alkyl or cyclic N) is 1. The van der Waals surface area contributed by atoms with E-state index in [1.165, 1.54) is 0 Å². The zero-order valence-electron chi connectivity index (χ0n) is 11.0. The van der Waals surface area contributed by atoms with Crippen LogP contribution in [0, 0.1) is 0 Å². The number of hydrogen-bond donors (Lipinski definition) is 2. The SMILES string of the molecule is CC(C)(C)OC(=O)N1CC(O)(C(F)(F)F)C[C@H]1CO. The molecule has 1 saturated heterocycles. The van der Waals surface area contributed by atoms with E-state index in [2.05, 4.69) is 0 Å². The first-order chi connectivity index (χ1) is 8.39. The summed E-state index contributed by atoms with van der Waals surface area (Å²) < 4.78 is 43.1. The first kappa shape index (κ1) is 16.0. The normalized spacial score (nSPS) is 28.6. The quantitative estimate of drug-likeness (QED) is 0.761. The van der Waals surface area contributed by atoms with Crippen molar-refractivity contribution in [2.75, 3.05) is 13.2 Å². The van der Waals surface area contributed by atoms with Gasteiger partial charge in [-0.15, -0.1) is 0 Å². The maximum atomic E-state index is 12.7. The summed E-state index contributed by atoms with van der Waals surface area (Å²) in [5, 5.41) is 18.6. The third-order valence-corrected chi connectivity index (χ3v) is 2.81. The number of aliphatic hydroxyl groups excluding tert-OH is 1. The highest BCUT2D eigenvalue weighted by molar-refractivity contribution is 5.69. The average Bonchev–Trinajstić information content (AvgIpc) is 2.53.